The third kappa shape index (κ3) is 2.70. The van der Waals surface area contributed by atoms with Crippen molar-refractivity contribution in [3.05, 3.63) is 41.5 Å². The van der Waals surface area contributed by atoms with Gasteiger partial charge in [0.25, 0.3) is 0 Å². The first-order chi connectivity index (χ1) is 11.0. The van der Waals surface area contributed by atoms with E-state index in [0.29, 0.717) is 5.56 Å². The largest absolute Gasteiger partial charge is 0.466 e. The molecule has 1 aromatic carbocycles. The van der Waals surface area contributed by atoms with Gasteiger partial charge in [0, 0.05) is 0 Å². The highest BCUT2D eigenvalue weighted by molar-refractivity contribution is 6.30. The number of benzene rings is 1. The lowest BCUT2D eigenvalue weighted by molar-refractivity contribution is -0.158. The molecule has 0 fully saturated rings. The van der Waals surface area contributed by atoms with Crippen molar-refractivity contribution in [1.29, 1.82) is 0 Å². The summed E-state index contributed by atoms with van der Waals surface area (Å²) in [4.78, 5) is 37.2. The SMILES string of the molecule is CCOC(=O)C1(CCl)C(=O)NC(c2ccccc2)=C1C(=O)OC. The zero-order valence-electron chi connectivity index (χ0n) is 12.7. The standard InChI is InChI=1S/C16H16ClNO5/c1-3-23-15(21)16(9-17)11(13(19)22-2)12(18-14(16)20)10-7-5-4-6-8-10/h4-8H,3,9H2,1-2H3,(H,18,20). The lowest BCUT2D eigenvalue weighted by Gasteiger charge is -2.23. The van der Waals surface area contributed by atoms with Crippen molar-refractivity contribution in [3.63, 3.8) is 0 Å². The number of ether oxygens (including phenoxy) is 2. The lowest BCUT2D eigenvalue weighted by atomic mass is 9.81. The first-order valence-corrected chi connectivity index (χ1v) is 7.49. The van der Waals surface area contributed by atoms with E-state index >= 15 is 0 Å². The predicted molar refractivity (Wildman–Crippen MR) is 83.3 cm³/mol. The van der Waals surface area contributed by atoms with Crippen LogP contribution in [0.25, 0.3) is 5.70 Å². The van der Waals surface area contributed by atoms with Gasteiger partial charge >= 0.3 is 11.9 Å². The Labute approximate surface area is 138 Å². The quantitative estimate of drug-likeness (QED) is 0.500. The molecule has 7 heteroatoms. The maximum Gasteiger partial charge on any atom is 0.337 e. The van der Waals surface area contributed by atoms with Gasteiger partial charge < -0.3 is 14.8 Å². The zero-order chi connectivity index (χ0) is 17.0. The van der Waals surface area contributed by atoms with Crippen LogP contribution in [0.3, 0.4) is 0 Å². The highest BCUT2D eigenvalue weighted by Crippen LogP contribution is 2.41. The van der Waals surface area contributed by atoms with Crippen LogP contribution in [0.5, 0.6) is 0 Å². The first kappa shape index (κ1) is 17.0. The number of halogens is 1. The highest BCUT2D eigenvalue weighted by atomic mass is 35.5. The van der Waals surface area contributed by atoms with Crippen molar-refractivity contribution >= 4 is 35.1 Å². The number of methoxy groups -OCH3 is 1. The third-order valence-electron chi connectivity index (χ3n) is 3.58. The van der Waals surface area contributed by atoms with Gasteiger partial charge in [0.05, 0.1) is 30.9 Å². The molecule has 0 spiro atoms. The number of nitrogens with one attached hydrogen (secondary N) is 1. The number of esters is 2. The van der Waals surface area contributed by atoms with Crippen molar-refractivity contribution in [1.82, 2.24) is 5.32 Å². The summed E-state index contributed by atoms with van der Waals surface area (Å²) in [6.45, 7) is 1.66. The fraction of sp³-hybridized carbons (Fsp3) is 0.312. The molecule has 1 aliphatic heterocycles. The molecule has 1 amide bonds. The van der Waals surface area contributed by atoms with Crippen LogP contribution < -0.4 is 5.32 Å². The van der Waals surface area contributed by atoms with Gasteiger partial charge in [-0.05, 0) is 12.5 Å². The molecule has 122 valence electrons. The van der Waals surface area contributed by atoms with E-state index in [1.807, 2.05) is 0 Å². The second-order valence-corrected chi connectivity index (χ2v) is 5.09. The smallest absolute Gasteiger partial charge is 0.337 e. The Morgan fingerprint density at radius 2 is 1.91 bits per heavy atom. The fourth-order valence-corrected chi connectivity index (χ4v) is 2.80. The van der Waals surface area contributed by atoms with Crippen LogP contribution in [0, 0.1) is 5.41 Å². The average molecular weight is 338 g/mol. The van der Waals surface area contributed by atoms with Gasteiger partial charge in [-0.25, -0.2) is 4.79 Å². The third-order valence-corrected chi connectivity index (χ3v) is 3.98. The molecule has 1 N–H and O–H groups in total. The number of rotatable bonds is 5. The molecule has 1 aliphatic rings. The van der Waals surface area contributed by atoms with Crippen LogP contribution in [0.15, 0.2) is 35.9 Å². The molecule has 1 aromatic rings. The highest BCUT2D eigenvalue weighted by Gasteiger charge is 2.58. The van der Waals surface area contributed by atoms with Crippen molar-refractivity contribution in [3.8, 4) is 0 Å². The molecule has 0 saturated carbocycles. The molecule has 6 nitrogen and oxygen atoms in total. The molecule has 0 aliphatic carbocycles. The molecule has 0 radical (unpaired) electrons. The maximum atomic E-state index is 12.5. The van der Waals surface area contributed by atoms with Crippen LogP contribution >= 0.6 is 11.6 Å². The van der Waals surface area contributed by atoms with E-state index < -0.39 is 29.1 Å². The summed E-state index contributed by atoms with van der Waals surface area (Å²) in [6, 6.07) is 8.68. The Kier molecular flexibility index (Phi) is 5.05. The molecule has 0 bridgehead atoms. The zero-order valence-corrected chi connectivity index (χ0v) is 13.5. The van der Waals surface area contributed by atoms with Gasteiger partial charge in [0.1, 0.15) is 0 Å². The monoisotopic (exact) mass is 337 g/mol. The number of hydrogen-bond donors (Lipinski definition) is 1. The molecule has 2 rings (SSSR count). The van der Waals surface area contributed by atoms with Gasteiger partial charge in [0.15, 0.2) is 5.41 Å². The minimum Gasteiger partial charge on any atom is -0.466 e. The van der Waals surface area contributed by atoms with Gasteiger partial charge in [-0.15, -0.1) is 11.6 Å². The average Bonchev–Trinajstić information content (AvgIpc) is 2.88. The summed E-state index contributed by atoms with van der Waals surface area (Å²) in [6.07, 6.45) is 0. The molecule has 23 heavy (non-hydrogen) atoms. The normalized spacial score (nSPS) is 20.2. The molecule has 1 heterocycles. The van der Waals surface area contributed by atoms with E-state index in [9.17, 15) is 14.4 Å². The number of carbonyl (C=O) groups is 3. The van der Waals surface area contributed by atoms with E-state index in [1.165, 1.54) is 7.11 Å². The van der Waals surface area contributed by atoms with Crippen molar-refractivity contribution < 1.29 is 23.9 Å². The van der Waals surface area contributed by atoms with Crippen molar-refractivity contribution in [2.24, 2.45) is 5.41 Å². The Hall–Kier alpha value is -2.34. The molecule has 1 atom stereocenters. The second kappa shape index (κ2) is 6.83. The van der Waals surface area contributed by atoms with Crippen LogP contribution in [0.2, 0.25) is 0 Å². The molecule has 0 aromatic heterocycles. The molecular formula is C16H16ClNO5. The van der Waals surface area contributed by atoms with Gasteiger partial charge in [-0.3, -0.25) is 9.59 Å². The van der Waals surface area contributed by atoms with E-state index in [2.05, 4.69) is 5.32 Å². The first-order valence-electron chi connectivity index (χ1n) is 6.96. The van der Waals surface area contributed by atoms with E-state index in [0.717, 1.165) is 0 Å². The van der Waals surface area contributed by atoms with Gasteiger partial charge in [-0.1, -0.05) is 30.3 Å². The van der Waals surface area contributed by atoms with Crippen molar-refractivity contribution in [2.75, 3.05) is 19.6 Å². The molecular weight excluding hydrogens is 322 g/mol. The van der Waals surface area contributed by atoms with Gasteiger partial charge in [-0.2, -0.15) is 0 Å². The summed E-state index contributed by atoms with van der Waals surface area (Å²) in [5.74, 6) is -2.82. The number of alkyl halides is 1. The Bertz CT molecular complexity index is 670. The summed E-state index contributed by atoms with van der Waals surface area (Å²) < 4.78 is 9.74. The summed E-state index contributed by atoms with van der Waals surface area (Å²) >= 11 is 5.93. The molecule has 1 unspecified atom stereocenters. The van der Waals surface area contributed by atoms with Crippen LogP contribution in [-0.4, -0.2) is 37.4 Å². The predicted octanol–water partition coefficient (Wildman–Crippen LogP) is 1.49. The van der Waals surface area contributed by atoms with Gasteiger partial charge in [0.2, 0.25) is 5.91 Å². The van der Waals surface area contributed by atoms with E-state index in [4.69, 9.17) is 21.1 Å². The Morgan fingerprint density at radius 1 is 1.26 bits per heavy atom. The number of amides is 1. The van der Waals surface area contributed by atoms with Crippen LogP contribution in [-0.2, 0) is 23.9 Å². The minimum absolute atomic E-state index is 0.0554. The number of hydrogen-bond acceptors (Lipinski definition) is 5. The molecule has 0 saturated heterocycles. The number of carbonyl (C=O) groups excluding carboxylic acids is 3. The topological polar surface area (TPSA) is 81.7 Å². The van der Waals surface area contributed by atoms with Crippen LogP contribution in [0.4, 0.5) is 0 Å². The van der Waals surface area contributed by atoms with Crippen molar-refractivity contribution in [2.45, 2.75) is 6.92 Å². The lowest BCUT2D eigenvalue weighted by Crippen LogP contribution is -2.46. The summed E-state index contributed by atoms with van der Waals surface area (Å²) in [5.41, 5.74) is -1.28. The maximum absolute atomic E-state index is 12.5. The minimum atomic E-state index is -1.92. The summed E-state index contributed by atoms with van der Waals surface area (Å²) in [7, 11) is 1.17. The van der Waals surface area contributed by atoms with E-state index in [1.54, 1.807) is 37.3 Å². The Balaban J connectivity index is 2.70. The Morgan fingerprint density at radius 3 is 2.43 bits per heavy atom. The fourth-order valence-electron chi connectivity index (χ4n) is 2.44. The van der Waals surface area contributed by atoms with Crippen LogP contribution in [0.1, 0.15) is 12.5 Å². The van der Waals surface area contributed by atoms with E-state index in [-0.39, 0.29) is 17.9 Å². The second-order valence-electron chi connectivity index (χ2n) is 4.82. The summed E-state index contributed by atoms with van der Waals surface area (Å²) in [5, 5.41) is 2.57.